The molecular formula is C17H18N2OS. The number of rotatable bonds is 3. The van der Waals surface area contributed by atoms with Crippen LogP contribution in [0.25, 0.3) is 10.6 Å². The lowest BCUT2D eigenvalue weighted by atomic mass is 9.94. The lowest BCUT2D eigenvalue weighted by Crippen LogP contribution is -2.29. The van der Waals surface area contributed by atoms with E-state index in [0.29, 0.717) is 5.56 Å². The molecule has 1 aliphatic carbocycles. The third-order valence-electron chi connectivity index (χ3n) is 4.18. The second kappa shape index (κ2) is 6.28. The summed E-state index contributed by atoms with van der Waals surface area (Å²) in [6, 6.07) is 10.3. The van der Waals surface area contributed by atoms with Gasteiger partial charge in [0.25, 0.3) is 5.56 Å². The molecule has 0 N–H and O–H groups in total. The summed E-state index contributed by atoms with van der Waals surface area (Å²) < 4.78 is 1.96. The fourth-order valence-electron chi connectivity index (χ4n) is 3.14. The molecule has 0 bridgehead atoms. The minimum absolute atomic E-state index is 0.0225. The van der Waals surface area contributed by atoms with Crippen molar-refractivity contribution in [3.8, 4) is 16.6 Å². The molecule has 21 heavy (non-hydrogen) atoms. The number of thiophene rings is 1. The Hall–Kier alpha value is -1.86. The number of nitriles is 1. The normalized spacial score (nSPS) is 15.8. The fraction of sp³-hybridized carbons (Fsp3) is 0.412. The number of hydrogen-bond donors (Lipinski definition) is 0. The van der Waals surface area contributed by atoms with Crippen LogP contribution in [0.2, 0.25) is 0 Å². The minimum atomic E-state index is 0.0225. The van der Waals surface area contributed by atoms with E-state index in [4.69, 9.17) is 5.26 Å². The van der Waals surface area contributed by atoms with Crippen molar-refractivity contribution in [1.29, 1.82) is 5.26 Å². The van der Waals surface area contributed by atoms with Crippen LogP contribution in [0.5, 0.6) is 0 Å². The molecule has 0 aromatic carbocycles. The third-order valence-corrected chi connectivity index (χ3v) is 5.07. The zero-order valence-corrected chi connectivity index (χ0v) is 12.7. The molecule has 0 spiro atoms. The Morgan fingerprint density at radius 2 is 2.05 bits per heavy atom. The summed E-state index contributed by atoms with van der Waals surface area (Å²) in [6.45, 7) is 0. The van der Waals surface area contributed by atoms with E-state index in [0.717, 1.165) is 23.4 Å². The molecule has 0 saturated heterocycles. The van der Waals surface area contributed by atoms with E-state index in [1.807, 2.05) is 28.1 Å². The maximum Gasteiger partial charge on any atom is 0.255 e. The molecule has 3 nitrogen and oxygen atoms in total. The second-order valence-corrected chi connectivity index (χ2v) is 6.47. The lowest BCUT2D eigenvalue weighted by molar-refractivity contribution is 0.348. The smallest absolute Gasteiger partial charge is 0.255 e. The van der Waals surface area contributed by atoms with E-state index in [2.05, 4.69) is 12.1 Å². The molecule has 1 aliphatic rings. The van der Waals surface area contributed by atoms with Gasteiger partial charge in [-0.15, -0.1) is 11.3 Å². The van der Waals surface area contributed by atoms with Crippen LogP contribution in [0, 0.1) is 11.3 Å². The molecule has 2 heterocycles. The molecular weight excluding hydrogens is 280 g/mol. The lowest BCUT2D eigenvalue weighted by Gasteiger charge is -2.26. The quantitative estimate of drug-likeness (QED) is 0.854. The summed E-state index contributed by atoms with van der Waals surface area (Å²) in [4.78, 5) is 13.9. The fourth-order valence-corrected chi connectivity index (χ4v) is 3.89. The van der Waals surface area contributed by atoms with Gasteiger partial charge in [0.05, 0.1) is 23.1 Å². The van der Waals surface area contributed by atoms with Crippen LogP contribution in [-0.2, 0) is 6.42 Å². The van der Waals surface area contributed by atoms with Crippen molar-refractivity contribution in [3.63, 3.8) is 0 Å². The highest BCUT2D eigenvalue weighted by molar-refractivity contribution is 7.13. The van der Waals surface area contributed by atoms with E-state index in [1.54, 1.807) is 11.3 Å². The van der Waals surface area contributed by atoms with Crippen LogP contribution in [0.1, 0.15) is 43.7 Å². The van der Waals surface area contributed by atoms with E-state index in [9.17, 15) is 4.79 Å². The Labute approximate surface area is 128 Å². The van der Waals surface area contributed by atoms with Crippen molar-refractivity contribution in [1.82, 2.24) is 4.57 Å². The molecule has 1 saturated carbocycles. The highest BCUT2D eigenvalue weighted by atomic mass is 32.1. The van der Waals surface area contributed by atoms with Gasteiger partial charge >= 0.3 is 0 Å². The molecule has 0 aliphatic heterocycles. The molecule has 2 aromatic heterocycles. The van der Waals surface area contributed by atoms with Gasteiger partial charge in [-0.05, 0) is 30.4 Å². The predicted molar refractivity (Wildman–Crippen MR) is 85.5 cm³/mol. The maximum absolute atomic E-state index is 12.8. The van der Waals surface area contributed by atoms with Crippen LogP contribution in [0.3, 0.4) is 0 Å². The Balaban J connectivity index is 2.14. The van der Waals surface area contributed by atoms with Crippen LogP contribution >= 0.6 is 11.3 Å². The molecule has 1 fully saturated rings. The predicted octanol–water partition coefficient (Wildman–Crippen LogP) is 4.15. The van der Waals surface area contributed by atoms with Gasteiger partial charge in [-0.25, -0.2) is 0 Å². The van der Waals surface area contributed by atoms with Crippen molar-refractivity contribution in [3.05, 3.63) is 45.6 Å². The van der Waals surface area contributed by atoms with Crippen molar-refractivity contribution < 1.29 is 0 Å². The zero-order valence-electron chi connectivity index (χ0n) is 11.9. The second-order valence-electron chi connectivity index (χ2n) is 5.52. The molecule has 0 radical (unpaired) electrons. The largest absolute Gasteiger partial charge is 0.304 e. The van der Waals surface area contributed by atoms with E-state index < -0.39 is 0 Å². The maximum atomic E-state index is 12.8. The highest BCUT2D eigenvalue weighted by Gasteiger charge is 2.21. The van der Waals surface area contributed by atoms with Crippen LogP contribution in [-0.4, -0.2) is 4.57 Å². The van der Waals surface area contributed by atoms with E-state index >= 15 is 0 Å². The number of nitrogens with zero attached hydrogens (tertiary/aromatic N) is 2. The Bertz CT molecular complexity index is 703. The van der Waals surface area contributed by atoms with Crippen LogP contribution in [0.15, 0.2) is 34.4 Å². The summed E-state index contributed by atoms with van der Waals surface area (Å²) in [5.74, 6) is 0. The summed E-state index contributed by atoms with van der Waals surface area (Å²) >= 11 is 1.66. The Morgan fingerprint density at radius 1 is 1.24 bits per heavy atom. The van der Waals surface area contributed by atoms with Crippen molar-refractivity contribution in [2.75, 3.05) is 0 Å². The monoisotopic (exact) mass is 298 g/mol. The van der Waals surface area contributed by atoms with Gasteiger partial charge in [0.2, 0.25) is 0 Å². The number of aromatic nitrogens is 1. The number of pyridine rings is 1. The Kier molecular flexibility index (Phi) is 4.21. The SMILES string of the molecule is N#CCc1ccc(-c2cccs2)n(C2CCCCC2)c1=O. The Morgan fingerprint density at radius 3 is 2.71 bits per heavy atom. The summed E-state index contributed by atoms with van der Waals surface area (Å²) in [5.41, 5.74) is 1.64. The van der Waals surface area contributed by atoms with Crippen molar-refractivity contribution >= 4 is 11.3 Å². The number of hydrogen-bond acceptors (Lipinski definition) is 3. The molecule has 4 heteroatoms. The highest BCUT2D eigenvalue weighted by Crippen LogP contribution is 2.32. The van der Waals surface area contributed by atoms with Gasteiger partial charge in [0.1, 0.15) is 0 Å². The van der Waals surface area contributed by atoms with Gasteiger partial charge < -0.3 is 4.57 Å². The summed E-state index contributed by atoms with van der Waals surface area (Å²) in [7, 11) is 0. The average Bonchev–Trinajstić information content (AvgIpc) is 3.04. The summed E-state index contributed by atoms with van der Waals surface area (Å²) in [6.07, 6.45) is 5.95. The molecule has 0 amide bonds. The van der Waals surface area contributed by atoms with E-state index in [-0.39, 0.29) is 18.0 Å². The zero-order chi connectivity index (χ0) is 14.7. The molecule has 108 valence electrons. The third kappa shape index (κ3) is 2.79. The van der Waals surface area contributed by atoms with Gasteiger partial charge in [-0.2, -0.15) is 5.26 Å². The van der Waals surface area contributed by atoms with E-state index in [1.165, 1.54) is 19.3 Å². The average molecular weight is 298 g/mol. The first-order valence-corrected chi connectivity index (χ1v) is 8.34. The standard InChI is InChI=1S/C17H18N2OS/c18-11-10-13-8-9-15(16-7-4-12-21-16)19(17(13)20)14-5-2-1-3-6-14/h4,7-9,12,14H,1-3,5-6,10H2. The topological polar surface area (TPSA) is 45.8 Å². The van der Waals surface area contributed by atoms with Gasteiger partial charge in [0.15, 0.2) is 0 Å². The molecule has 0 unspecified atom stereocenters. The first-order chi connectivity index (χ1) is 10.3. The molecule has 3 rings (SSSR count). The molecule has 0 atom stereocenters. The van der Waals surface area contributed by atoms with Crippen LogP contribution < -0.4 is 5.56 Å². The van der Waals surface area contributed by atoms with Gasteiger partial charge in [-0.3, -0.25) is 4.79 Å². The van der Waals surface area contributed by atoms with Gasteiger partial charge in [0, 0.05) is 11.6 Å². The summed E-state index contributed by atoms with van der Waals surface area (Å²) in [5, 5.41) is 10.9. The first-order valence-electron chi connectivity index (χ1n) is 7.46. The minimum Gasteiger partial charge on any atom is -0.304 e. The molecule has 2 aromatic rings. The van der Waals surface area contributed by atoms with Gasteiger partial charge in [-0.1, -0.05) is 31.4 Å². The van der Waals surface area contributed by atoms with Crippen molar-refractivity contribution in [2.24, 2.45) is 0 Å². The first kappa shape index (κ1) is 14.1. The van der Waals surface area contributed by atoms with Crippen LogP contribution in [0.4, 0.5) is 0 Å². The van der Waals surface area contributed by atoms with Crippen molar-refractivity contribution in [2.45, 2.75) is 44.6 Å².